The summed E-state index contributed by atoms with van der Waals surface area (Å²) in [4.78, 5) is 10.7. The predicted molar refractivity (Wildman–Crippen MR) is 46.3 cm³/mol. The maximum Gasteiger partial charge on any atom is 0.253 e. The second-order valence-corrected chi connectivity index (χ2v) is 3.11. The monoisotopic (exact) mass is 206 g/mol. The van der Waals surface area contributed by atoms with E-state index < -0.39 is 11.1 Å². The Bertz CT molecular complexity index is 336. The van der Waals surface area contributed by atoms with Crippen molar-refractivity contribution in [2.75, 3.05) is 0 Å². The van der Waals surface area contributed by atoms with Crippen molar-refractivity contribution in [1.82, 2.24) is 0 Å². The molecule has 0 atom stereocenters. The Balaban J connectivity index is 3.33. The van der Waals surface area contributed by atoms with Crippen molar-refractivity contribution < 1.29 is 9.18 Å². The first-order chi connectivity index (χ1) is 5.52. The summed E-state index contributed by atoms with van der Waals surface area (Å²) >= 11 is 10.7. The van der Waals surface area contributed by atoms with Gasteiger partial charge >= 0.3 is 0 Å². The maximum atomic E-state index is 12.8. The number of aryl methyl sites for hydroxylation is 1. The molecule has 0 aliphatic carbocycles. The van der Waals surface area contributed by atoms with Crippen LogP contribution in [-0.2, 0) is 0 Å². The molecule has 0 N–H and O–H groups in total. The Morgan fingerprint density at radius 2 is 2.08 bits per heavy atom. The van der Waals surface area contributed by atoms with E-state index in [4.69, 9.17) is 23.2 Å². The lowest BCUT2D eigenvalue weighted by molar-refractivity contribution is 0.108. The number of hydrogen-bond acceptors (Lipinski definition) is 1. The van der Waals surface area contributed by atoms with E-state index in [1.807, 2.05) is 0 Å². The highest BCUT2D eigenvalue weighted by Crippen LogP contribution is 2.21. The Hall–Kier alpha value is -0.600. The molecule has 0 aliphatic heterocycles. The molecule has 0 bridgehead atoms. The van der Waals surface area contributed by atoms with Gasteiger partial charge in [-0.05, 0) is 36.2 Å². The fourth-order valence-corrected chi connectivity index (χ4v) is 1.25. The summed E-state index contributed by atoms with van der Waals surface area (Å²) in [6, 6.07) is 2.40. The molecular formula is C8H5Cl2FO. The molecule has 0 saturated heterocycles. The summed E-state index contributed by atoms with van der Waals surface area (Å²) in [5.74, 6) is -0.443. The molecule has 0 radical (unpaired) electrons. The molecule has 64 valence electrons. The Morgan fingerprint density at radius 3 is 2.58 bits per heavy atom. The van der Waals surface area contributed by atoms with Gasteiger partial charge in [-0.25, -0.2) is 4.39 Å². The lowest BCUT2D eigenvalue weighted by Gasteiger charge is -2.00. The van der Waals surface area contributed by atoms with Crippen molar-refractivity contribution in [3.63, 3.8) is 0 Å². The van der Waals surface area contributed by atoms with Gasteiger partial charge in [0.2, 0.25) is 0 Å². The van der Waals surface area contributed by atoms with Gasteiger partial charge in [-0.15, -0.1) is 0 Å². The molecular weight excluding hydrogens is 202 g/mol. The van der Waals surface area contributed by atoms with Crippen LogP contribution in [0, 0.1) is 12.7 Å². The highest BCUT2D eigenvalue weighted by molar-refractivity contribution is 6.68. The second-order valence-electron chi connectivity index (χ2n) is 2.35. The van der Waals surface area contributed by atoms with Crippen LogP contribution in [-0.4, -0.2) is 5.24 Å². The molecule has 1 rings (SSSR count). The molecule has 1 aromatic rings. The van der Waals surface area contributed by atoms with Crippen molar-refractivity contribution in [1.29, 1.82) is 0 Å². The summed E-state index contributed by atoms with van der Waals surface area (Å²) in [6.07, 6.45) is 0. The zero-order valence-corrected chi connectivity index (χ0v) is 7.71. The van der Waals surface area contributed by atoms with Crippen molar-refractivity contribution in [2.24, 2.45) is 0 Å². The molecule has 12 heavy (non-hydrogen) atoms. The van der Waals surface area contributed by atoms with E-state index in [0.29, 0.717) is 5.56 Å². The molecule has 0 unspecified atom stereocenters. The number of carbonyl (C=O) groups excluding carboxylic acids is 1. The number of rotatable bonds is 1. The van der Waals surface area contributed by atoms with Crippen LogP contribution in [0.3, 0.4) is 0 Å². The van der Waals surface area contributed by atoms with Gasteiger partial charge in [-0.3, -0.25) is 4.79 Å². The normalized spacial score (nSPS) is 10.0. The predicted octanol–water partition coefficient (Wildman–Crippen LogP) is 3.17. The number of halogens is 3. The van der Waals surface area contributed by atoms with E-state index in [0.717, 1.165) is 6.07 Å². The van der Waals surface area contributed by atoms with Crippen LogP contribution >= 0.6 is 23.2 Å². The van der Waals surface area contributed by atoms with Gasteiger partial charge in [0.1, 0.15) is 5.82 Å². The molecule has 1 aromatic carbocycles. The van der Waals surface area contributed by atoms with Crippen LogP contribution in [0.4, 0.5) is 4.39 Å². The zero-order valence-electron chi connectivity index (χ0n) is 6.20. The average molecular weight is 207 g/mol. The minimum absolute atomic E-state index is 0.0399. The van der Waals surface area contributed by atoms with Crippen molar-refractivity contribution >= 4 is 28.4 Å². The van der Waals surface area contributed by atoms with Crippen LogP contribution in [0.15, 0.2) is 12.1 Å². The number of carbonyl (C=O) groups is 1. The van der Waals surface area contributed by atoms with Crippen molar-refractivity contribution in [3.8, 4) is 0 Å². The fraction of sp³-hybridized carbons (Fsp3) is 0.125. The number of hydrogen-bond donors (Lipinski definition) is 0. The lowest BCUT2D eigenvalue weighted by atomic mass is 10.1. The third kappa shape index (κ3) is 1.76. The summed E-state index contributed by atoms with van der Waals surface area (Å²) < 4.78 is 12.8. The van der Waals surface area contributed by atoms with Gasteiger partial charge in [-0.1, -0.05) is 11.6 Å². The highest BCUT2D eigenvalue weighted by Gasteiger charge is 2.10. The smallest absolute Gasteiger partial charge is 0.253 e. The van der Waals surface area contributed by atoms with Crippen LogP contribution in [0.2, 0.25) is 5.02 Å². The standard InChI is InChI=1S/C8H5Cl2FO/c1-4-2-5(8(10)12)6(9)3-7(4)11/h2-3H,1H3. The Morgan fingerprint density at radius 1 is 1.50 bits per heavy atom. The van der Waals surface area contributed by atoms with Gasteiger partial charge in [-0.2, -0.15) is 0 Å². The molecule has 0 fully saturated rings. The SMILES string of the molecule is Cc1cc(C(=O)Cl)c(Cl)cc1F. The summed E-state index contributed by atoms with van der Waals surface area (Å²) in [5.41, 5.74) is 0.487. The van der Waals surface area contributed by atoms with Gasteiger partial charge in [0, 0.05) is 0 Å². The lowest BCUT2D eigenvalue weighted by Crippen LogP contribution is -1.93. The van der Waals surface area contributed by atoms with Gasteiger partial charge in [0.15, 0.2) is 0 Å². The van der Waals surface area contributed by atoms with Crippen LogP contribution < -0.4 is 0 Å². The van der Waals surface area contributed by atoms with E-state index in [2.05, 4.69) is 0 Å². The minimum Gasteiger partial charge on any atom is -0.276 e. The Labute approximate surface area is 79.1 Å². The highest BCUT2D eigenvalue weighted by atomic mass is 35.5. The van der Waals surface area contributed by atoms with E-state index in [9.17, 15) is 9.18 Å². The van der Waals surface area contributed by atoms with E-state index in [1.165, 1.54) is 13.0 Å². The zero-order chi connectivity index (χ0) is 9.30. The molecule has 4 heteroatoms. The largest absolute Gasteiger partial charge is 0.276 e. The van der Waals surface area contributed by atoms with Crippen molar-refractivity contribution in [2.45, 2.75) is 6.92 Å². The van der Waals surface area contributed by atoms with Gasteiger partial charge < -0.3 is 0 Å². The minimum atomic E-state index is -0.678. The topological polar surface area (TPSA) is 17.1 Å². The second kappa shape index (κ2) is 3.42. The van der Waals surface area contributed by atoms with E-state index in [-0.39, 0.29) is 10.6 Å². The Kier molecular flexibility index (Phi) is 2.70. The van der Waals surface area contributed by atoms with Crippen LogP contribution in [0.25, 0.3) is 0 Å². The first kappa shape index (κ1) is 9.49. The quantitative estimate of drug-likeness (QED) is 0.646. The number of benzene rings is 1. The van der Waals surface area contributed by atoms with Crippen molar-refractivity contribution in [3.05, 3.63) is 34.1 Å². The van der Waals surface area contributed by atoms with E-state index in [1.54, 1.807) is 0 Å². The molecule has 1 nitrogen and oxygen atoms in total. The van der Waals surface area contributed by atoms with E-state index >= 15 is 0 Å². The molecule has 0 aliphatic rings. The fourth-order valence-electron chi connectivity index (χ4n) is 0.808. The summed E-state index contributed by atoms with van der Waals surface area (Å²) in [6.45, 7) is 1.54. The average Bonchev–Trinajstić information content (AvgIpc) is 1.96. The van der Waals surface area contributed by atoms with Crippen LogP contribution in [0.5, 0.6) is 0 Å². The summed E-state index contributed by atoms with van der Waals surface area (Å²) in [7, 11) is 0. The molecule has 0 spiro atoms. The molecule has 0 amide bonds. The first-order valence-corrected chi connectivity index (χ1v) is 3.93. The maximum absolute atomic E-state index is 12.8. The summed E-state index contributed by atoms with van der Waals surface area (Å²) in [5, 5.41) is -0.638. The molecule has 0 aromatic heterocycles. The first-order valence-electron chi connectivity index (χ1n) is 3.18. The van der Waals surface area contributed by atoms with Crippen LogP contribution in [0.1, 0.15) is 15.9 Å². The third-order valence-electron chi connectivity index (χ3n) is 1.46. The third-order valence-corrected chi connectivity index (χ3v) is 1.98. The van der Waals surface area contributed by atoms with Gasteiger partial charge in [0.05, 0.1) is 10.6 Å². The molecule has 0 saturated carbocycles. The van der Waals surface area contributed by atoms with Gasteiger partial charge in [0.25, 0.3) is 5.24 Å². The molecule has 0 heterocycles.